The highest BCUT2D eigenvalue weighted by molar-refractivity contribution is 5.82. The van der Waals surface area contributed by atoms with Crippen molar-refractivity contribution in [3.05, 3.63) is 0 Å². The fourth-order valence-corrected chi connectivity index (χ4v) is 3.28. The Balaban J connectivity index is 2.30. The van der Waals surface area contributed by atoms with Crippen LogP contribution in [0.4, 0.5) is 0 Å². The second kappa shape index (κ2) is 13.0. The lowest BCUT2D eigenvalue weighted by atomic mass is 9.88. The Hall–Kier alpha value is -1.39. The first-order valence-corrected chi connectivity index (χ1v) is 9.61. The number of aliphatic carboxylic acids is 1. The first-order valence-electron chi connectivity index (χ1n) is 9.61. The van der Waals surface area contributed by atoms with Gasteiger partial charge in [-0.1, -0.05) is 44.9 Å². The first-order chi connectivity index (χ1) is 11.6. The predicted octanol–water partition coefficient (Wildman–Crippen LogP) is 3.85. The number of nitrogens with one attached hydrogen (secondary N) is 1. The third-order valence-corrected chi connectivity index (χ3v) is 4.79. The average molecular weight is 339 g/mol. The molecule has 2 N–H and O–H groups in total. The molecule has 0 aliphatic heterocycles. The number of carboxylic acids is 1. The number of rotatable bonds is 7. The van der Waals surface area contributed by atoms with Crippen molar-refractivity contribution in [2.24, 2.45) is 5.92 Å². The molecular weight excluding hydrogens is 306 g/mol. The summed E-state index contributed by atoms with van der Waals surface area (Å²) in [6.07, 6.45) is 12.5. The van der Waals surface area contributed by atoms with Gasteiger partial charge in [0.05, 0.1) is 0 Å². The maximum Gasteiger partial charge on any atom is 0.303 e. The number of amides is 1. The van der Waals surface area contributed by atoms with Gasteiger partial charge in [-0.05, 0) is 25.7 Å². The molecule has 0 bridgehead atoms. The molecule has 138 valence electrons. The summed E-state index contributed by atoms with van der Waals surface area (Å²) in [7, 11) is 0. The lowest BCUT2D eigenvalue weighted by molar-refractivity contribution is -0.137. The van der Waals surface area contributed by atoms with Crippen LogP contribution in [0.5, 0.6) is 0 Å². The molecule has 1 aliphatic rings. The van der Waals surface area contributed by atoms with E-state index in [0.717, 1.165) is 25.7 Å². The van der Waals surface area contributed by atoms with E-state index in [1.54, 1.807) is 0 Å². The molecule has 5 heteroatoms. The van der Waals surface area contributed by atoms with Gasteiger partial charge in [-0.15, -0.1) is 0 Å². The van der Waals surface area contributed by atoms with Crippen LogP contribution in [-0.2, 0) is 14.4 Å². The summed E-state index contributed by atoms with van der Waals surface area (Å²) >= 11 is 0. The number of Topliss-reactive ketones (excluding diaryl/α,β-unsaturated/α-hetero) is 1. The third kappa shape index (κ3) is 10.4. The van der Waals surface area contributed by atoms with Crippen molar-refractivity contribution in [3.8, 4) is 0 Å². The number of hydrogen-bond acceptors (Lipinski definition) is 3. The number of carbonyl (C=O) groups is 3. The fourth-order valence-electron chi connectivity index (χ4n) is 3.28. The Morgan fingerprint density at radius 2 is 1.58 bits per heavy atom. The van der Waals surface area contributed by atoms with Gasteiger partial charge in [0.25, 0.3) is 0 Å². The van der Waals surface area contributed by atoms with Crippen LogP contribution in [0.1, 0.15) is 89.9 Å². The van der Waals surface area contributed by atoms with E-state index in [-0.39, 0.29) is 18.2 Å². The highest BCUT2D eigenvalue weighted by Gasteiger charge is 2.19. The minimum atomic E-state index is -0.844. The van der Waals surface area contributed by atoms with E-state index in [9.17, 15) is 14.4 Å². The molecule has 0 aromatic rings. The van der Waals surface area contributed by atoms with Crippen molar-refractivity contribution in [3.63, 3.8) is 0 Å². The molecule has 0 aromatic heterocycles. The Labute approximate surface area is 145 Å². The largest absolute Gasteiger partial charge is 0.481 e. The van der Waals surface area contributed by atoms with E-state index in [1.807, 2.05) is 0 Å². The minimum absolute atomic E-state index is 0.0224. The van der Waals surface area contributed by atoms with Crippen molar-refractivity contribution in [1.82, 2.24) is 5.32 Å². The maximum absolute atomic E-state index is 12.4. The maximum atomic E-state index is 12.4. The van der Waals surface area contributed by atoms with Crippen LogP contribution < -0.4 is 5.32 Å². The van der Waals surface area contributed by atoms with Gasteiger partial charge in [-0.3, -0.25) is 14.4 Å². The lowest BCUT2D eigenvalue weighted by Gasteiger charge is -2.16. The molecule has 1 fully saturated rings. The smallest absolute Gasteiger partial charge is 0.303 e. The summed E-state index contributed by atoms with van der Waals surface area (Å²) in [5.74, 6) is -0.564. The Bertz CT molecular complexity index is 395. The minimum Gasteiger partial charge on any atom is -0.481 e. The molecular formula is C19H33NO4. The summed E-state index contributed by atoms with van der Waals surface area (Å²) in [4.78, 5) is 34.6. The van der Waals surface area contributed by atoms with Gasteiger partial charge < -0.3 is 10.4 Å². The van der Waals surface area contributed by atoms with E-state index in [4.69, 9.17) is 5.11 Å². The van der Waals surface area contributed by atoms with Crippen LogP contribution in [0.3, 0.4) is 0 Å². The van der Waals surface area contributed by atoms with Crippen LogP contribution in [0, 0.1) is 5.92 Å². The van der Waals surface area contributed by atoms with Crippen molar-refractivity contribution < 1.29 is 19.5 Å². The second-order valence-electron chi connectivity index (χ2n) is 6.92. The summed E-state index contributed by atoms with van der Waals surface area (Å²) < 4.78 is 0. The normalized spacial score (nSPS) is 20.7. The van der Waals surface area contributed by atoms with Crippen molar-refractivity contribution >= 4 is 17.7 Å². The van der Waals surface area contributed by atoms with Crippen molar-refractivity contribution in [2.75, 3.05) is 6.54 Å². The molecule has 1 atom stereocenters. The Kier molecular flexibility index (Phi) is 11.2. The van der Waals surface area contributed by atoms with E-state index >= 15 is 0 Å². The van der Waals surface area contributed by atoms with Crippen LogP contribution >= 0.6 is 0 Å². The van der Waals surface area contributed by atoms with Gasteiger partial charge in [-0.25, -0.2) is 0 Å². The van der Waals surface area contributed by atoms with Gasteiger partial charge in [0, 0.05) is 31.7 Å². The molecule has 5 nitrogen and oxygen atoms in total. The van der Waals surface area contributed by atoms with E-state index in [0.29, 0.717) is 38.0 Å². The summed E-state index contributed by atoms with van der Waals surface area (Å²) in [6.45, 7) is 0.393. The molecule has 1 unspecified atom stereocenters. The van der Waals surface area contributed by atoms with Gasteiger partial charge >= 0.3 is 5.97 Å². The zero-order chi connectivity index (χ0) is 17.6. The molecule has 1 rings (SSSR count). The SMILES string of the molecule is O=C(O)CCCNC(=O)CCC1CCCCCCCCCCC1=O. The molecule has 24 heavy (non-hydrogen) atoms. The van der Waals surface area contributed by atoms with Crippen LogP contribution in [0.15, 0.2) is 0 Å². The quantitative estimate of drug-likeness (QED) is 0.690. The third-order valence-electron chi connectivity index (χ3n) is 4.79. The summed E-state index contributed by atoms with van der Waals surface area (Å²) in [6, 6.07) is 0. The van der Waals surface area contributed by atoms with E-state index < -0.39 is 5.97 Å². The topological polar surface area (TPSA) is 83.5 Å². The number of ketones is 1. The fraction of sp³-hybridized carbons (Fsp3) is 0.842. The highest BCUT2D eigenvalue weighted by atomic mass is 16.4. The van der Waals surface area contributed by atoms with Crippen molar-refractivity contribution in [1.29, 1.82) is 0 Å². The van der Waals surface area contributed by atoms with Crippen LogP contribution in [-0.4, -0.2) is 29.3 Å². The summed E-state index contributed by atoms with van der Waals surface area (Å²) in [5.41, 5.74) is 0. The van der Waals surface area contributed by atoms with E-state index in [2.05, 4.69) is 5.32 Å². The molecule has 1 saturated carbocycles. The summed E-state index contributed by atoms with van der Waals surface area (Å²) in [5, 5.41) is 11.3. The zero-order valence-electron chi connectivity index (χ0n) is 14.9. The number of hydrogen-bond donors (Lipinski definition) is 2. The van der Waals surface area contributed by atoms with Gasteiger partial charge in [0.15, 0.2) is 0 Å². The molecule has 0 heterocycles. The van der Waals surface area contributed by atoms with Gasteiger partial charge in [-0.2, -0.15) is 0 Å². The number of carbonyl (C=O) groups excluding carboxylic acids is 2. The number of carboxylic acid groups (broad SMARTS) is 1. The second-order valence-corrected chi connectivity index (χ2v) is 6.92. The molecule has 0 radical (unpaired) electrons. The molecule has 0 saturated heterocycles. The highest BCUT2D eigenvalue weighted by Crippen LogP contribution is 2.22. The first kappa shape index (κ1) is 20.7. The molecule has 1 aliphatic carbocycles. The predicted molar refractivity (Wildman–Crippen MR) is 93.8 cm³/mol. The Morgan fingerprint density at radius 3 is 2.25 bits per heavy atom. The van der Waals surface area contributed by atoms with Gasteiger partial charge in [0.1, 0.15) is 5.78 Å². The monoisotopic (exact) mass is 339 g/mol. The molecule has 1 amide bonds. The zero-order valence-corrected chi connectivity index (χ0v) is 14.9. The Morgan fingerprint density at radius 1 is 0.958 bits per heavy atom. The van der Waals surface area contributed by atoms with Crippen LogP contribution in [0.2, 0.25) is 0 Å². The average Bonchev–Trinajstić information content (AvgIpc) is 2.54. The molecule has 0 aromatic carbocycles. The van der Waals surface area contributed by atoms with E-state index in [1.165, 1.54) is 32.1 Å². The molecule has 0 spiro atoms. The standard InChI is InChI=1S/C19H33NO4/c21-17-11-8-6-4-2-1-3-5-7-10-16(17)13-14-18(22)20-15-9-12-19(23)24/h16H,1-15H2,(H,20,22)(H,23,24). The van der Waals surface area contributed by atoms with Crippen molar-refractivity contribution in [2.45, 2.75) is 89.9 Å². The lowest BCUT2D eigenvalue weighted by Crippen LogP contribution is -2.26. The van der Waals surface area contributed by atoms with Gasteiger partial charge in [0.2, 0.25) is 5.91 Å². The van der Waals surface area contributed by atoms with Crippen LogP contribution in [0.25, 0.3) is 0 Å².